The second-order valence-electron chi connectivity index (χ2n) is 3.22. The molecule has 0 aliphatic rings. The highest BCUT2D eigenvalue weighted by Gasteiger charge is 2.13. The summed E-state index contributed by atoms with van der Waals surface area (Å²) in [7, 11) is 0. The Bertz CT molecular complexity index is 489. The van der Waals surface area contributed by atoms with Crippen molar-refractivity contribution in [3.05, 3.63) is 48.0 Å². The standard InChI is InChI=1S/C11H10N2O2/c1-8-7-13(10(12-8)11(14)15)9-5-3-2-4-6-9/h2-7H,1H3,(H,14,15). The van der Waals surface area contributed by atoms with E-state index in [1.165, 1.54) is 0 Å². The number of benzene rings is 1. The van der Waals surface area contributed by atoms with Gasteiger partial charge in [0.15, 0.2) is 0 Å². The van der Waals surface area contributed by atoms with Gasteiger partial charge >= 0.3 is 5.97 Å². The molecule has 0 aliphatic carbocycles. The molecule has 0 amide bonds. The van der Waals surface area contributed by atoms with Gasteiger partial charge in [0.25, 0.3) is 0 Å². The Morgan fingerprint density at radius 1 is 1.33 bits per heavy atom. The number of nitrogens with zero attached hydrogens (tertiary/aromatic N) is 2. The number of hydrogen-bond donors (Lipinski definition) is 1. The van der Waals surface area contributed by atoms with Crippen LogP contribution < -0.4 is 0 Å². The van der Waals surface area contributed by atoms with Crippen molar-refractivity contribution in [2.45, 2.75) is 6.92 Å². The summed E-state index contributed by atoms with van der Waals surface area (Å²) in [5.41, 5.74) is 1.49. The van der Waals surface area contributed by atoms with Gasteiger partial charge in [0.1, 0.15) is 0 Å². The Morgan fingerprint density at radius 3 is 2.60 bits per heavy atom. The van der Waals surface area contributed by atoms with Crippen LogP contribution >= 0.6 is 0 Å². The van der Waals surface area contributed by atoms with Crippen LogP contribution in [0.25, 0.3) is 5.69 Å². The molecule has 1 aromatic carbocycles. The number of carbonyl (C=O) groups is 1. The van der Waals surface area contributed by atoms with E-state index < -0.39 is 5.97 Å². The van der Waals surface area contributed by atoms with Crippen LogP contribution in [-0.4, -0.2) is 20.6 Å². The molecule has 76 valence electrons. The van der Waals surface area contributed by atoms with Crippen molar-refractivity contribution in [1.82, 2.24) is 9.55 Å². The highest BCUT2D eigenvalue weighted by atomic mass is 16.4. The predicted octanol–water partition coefficient (Wildman–Crippen LogP) is 1.88. The van der Waals surface area contributed by atoms with Crippen molar-refractivity contribution < 1.29 is 9.90 Å². The summed E-state index contributed by atoms with van der Waals surface area (Å²) < 4.78 is 1.57. The lowest BCUT2D eigenvalue weighted by atomic mass is 10.3. The molecule has 2 rings (SSSR count). The molecule has 0 atom stereocenters. The number of aromatic carboxylic acids is 1. The number of rotatable bonds is 2. The first-order chi connectivity index (χ1) is 7.18. The summed E-state index contributed by atoms with van der Waals surface area (Å²) in [6, 6.07) is 9.28. The molecule has 2 aromatic rings. The molecule has 1 heterocycles. The van der Waals surface area contributed by atoms with E-state index in [1.807, 2.05) is 30.3 Å². The molecule has 0 fully saturated rings. The zero-order valence-electron chi connectivity index (χ0n) is 8.21. The minimum atomic E-state index is -1.02. The minimum Gasteiger partial charge on any atom is -0.475 e. The number of aryl methyl sites for hydroxylation is 1. The number of carboxylic acids is 1. The molecule has 0 radical (unpaired) electrons. The van der Waals surface area contributed by atoms with Crippen LogP contribution in [0, 0.1) is 6.92 Å². The Morgan fingerprint density at radius 2 is 2.00 bits per heavy atom. The first-order valence-corrected chi connectivity index (χ1v) is 4.53. The molecular formula is C11H10N2O2. The SMILES string of the molecule is Cc1cn(-c2ccccc2)c(C(=O)O)n1. The smallest absolute Gasteiger partial charge is 0.372 e. The van der Waals surface area contributed by atoms with Crippen LogP contribution in [-0.2, 0) is 0 Å². The number of aromatic nitrogens is 2. The fraction of sp³-hybridized carbons (Fsp3) is 0.0909. The topological polar surface area (TPSA) is 55.1 Å². The van der Waals surface area contributed by atoms with Crippen molar-refractivity contribution in [2.24, 2.45) is 0 Å². The highest BCUT2D eigenvalue weighted by molar-refractivity contribution is 5.84. The second-order valence-corrected chi connectivity index (χ2v) is 3.22. The monoisotopic (exact) mass is 202 g/mol. The Labute approximate surface area is 86.8 Å². The van der Waals surface area contributed by atoms with Gasteiger partial charge in [-0.3, -0.25) is 4.57 Å². The van der Waals surface area contributed by atoms with Crippen LogP contribution in [0.3, 0.4) is 0 Å². The summed E-state index contributed by atoms with van der Waals surface area (Å²) in [5, 5.41) is 8.96. The average Bonchev–Trinajstić information content (AvgIpc) is 2.62. The van der Waals surface area contributed by atoms with Crippen molar-refractivity contribution in [3.8, 4) is 5.69 Å². The van der Waals surface area contributed by atoms with Crippen LogP contribution in [0.4, 0.5) is 0 Å². The molecule has 0 bridgehead atoms. The van der Waals surface area contributed by atoms with E-state index in [4.69, 9.17) is 5.11 Å². The Balaban J connectivity index is 2.58. The molecule has 0 aliphatic heterocycles. The molecule has 0 spiro atoms. The van der Waals surface area contributed by atoms with Gasteiger partial charge in [-0.05, 0) is 19.1 Å². The Kier molecular flexibility index (Phi) is 2.25. The third-order valence-electron chi connectivity index (χ3n) is 2.05. The summed E-state index contributed by atoms with van der Waals surface area (Å²) in [6.45, 7) is 1.77. The lowest BCUT2D eigenvalue weighted by Crippen LogP contribution is -2.07. The summed E-state index contributed by atoms with van der Waals surface area (Å²) in [4.78, 5) is 14.9. The van der Waals surface area contributed by atoms with Gasteiger partial charge in [-0.25, -0.2) is 9.78 Å². The largest absolute Gasteiger partial charge is 0.475 e. The van der Waals surface area contributed by atoms with E-state index in [0.29, 0.717) is 5.69 Å². The van der Waals surface area contributed by atoms with E-state index in [-0.39, 0.29) is 5.82 Å². The van der Waals surface area contributed by atoms with Crippen LogP contribution in [0.2, 0.25) is 0 Å². The van der Waals surface area contributed by atoms with Gasteiger partial charge in [0.2, 0.25) is 5.82 Å². The predicted molar refractivity (Wildman–Crippen MR) is 55.3 cm³/mol. The molecule has 15 heavy (non-hydrogen) atoms. The molecule has 1 aromatic heterocycles. The molecule has 0 unspecified atom stereocenters. The van der Waals surface area contributed by atoms with Crippen LogP contribution in [0.15, 0.2) is 36.5 Å². The fourth-order valence-electron chi connectivity index (χ4n) is 1.43. The number of carboxylic acid groups (broad SMARTS) is 1. The van der Waals surface area contributed by atoms with Crippen molar-refractivity contribution >= 4 is 5.97 Å². The molecular weight excluding hydrogens is 192 g/mol. The van der Waals surface area contributed by atoms with Gasteiger partial charge in [0, 0.05) is 11.9 Å². The molecule has 1 N–H and O–H groups in total. The molecule has 4 heteroatoms. The lowest BCUT2D eigenvalue weighted by Gasteiger charge is -2.03. The maximum absolute atomic E-state index is 10.9. The maximum atomic E-state index is 10.9. The third-order valence-corrected chi connectivity index (χ3v) is 2.05. The normalized spacial score (nSPS) is 10.2. The average molecular weight is 202 g/mol. The highest BCUT2D eigenvalue weighted by Crippen LogP contribution is 2.12. The van der Waals surface area contributed by atoms with E-state index in [1.54, 1.807) is 17.7 Å². The van der Waals surface area contributed by atoms with E-state index in [0.717, 1.165) is 5.69 Å². The number of imidazole rings is 1. The van der Waals surface area contributed by atoms with Crippen molar-refractivity contribution in [1.29, 1.82) is 0 Å². The number of para-hydroxylation sites is 1. The molecule has 4 nitrogen and oxygen atoms in total. The van der Waals surface area contributed by atoms with E-state index in [2.05, 4.69) is 4.98 Å². The van der Waals surface area contributed by atoms with Gasteiger partial charge < -0.3 is 5.11 Å². The van der Waals surface area contributed by atoms with E-state index in [9.17, 15) is 4.79 Å². The lowest BCUT2D eigenvalue weighted by molar-refractivity contribution is 0.0681. The van der Waals surface area contributed by atoms with Gasteiger partial charge in [-0.15, -0.1) is 0 Å². The molecule has 0 saturated heterocycles. The Hall–Kier alpha value is -2.10. The fourth-order valence-corrected chi connectivity index (χ4v) is 1.43. The first-order valence-electron chi connectivity index (χ1n) is 4.53. The summed E-state index contributed by atoms with van der Waals surface area (Å²) >= 11 is 0. The second kappa shape index (κ2) is 3.57. The van der Waals surface area contributed by atoms with Crippen molar-refractivity contribution in [2.75, 3.05) is 0 Å². The zero-order chi connectivity index (χ0) is 10.8. The zero-order valence-corrected chi connectivity index (χ0v) is 8.21. The van der Waals surface area contributed by atoms with Crippen LogP contribution in [0.1, 0.15) is 16.3 Å². The van der Waals surface area contributed by atoms with Gasteiger partial charge in [0.05, 0.1) is 5.69 Å². The number of hydrogen-bond acceptors (Lipinski definition) is 2. The minimum absolute atomic E-state index is 0.0405. The molecule has 0 saturated carbocycles. The quantitative estimate of drug-likeness (QED) is 0.808. The summed E-state index contributed by atoms with van der Waals surface area (Å²) in [6.07, 6.45) is 1.71. The van der Waals surface area contributed by atoms with Crippen LogP contribution in [0.5, 0.6) is 0 Å². The van der Waals surface area contributed by atoms with Crippen molar-refractivity contribution in [3.63, 3.8) is 0 Å². The maximum Gasteiger partial charge on any atom is 0.372 e. The first kappa shape index (κ1) is 9.45. The van der Waals surface area contributed by atoms with Gasteiger partial charge in [-0.1, -0.05) is 18.2 Å². The van der Waals surface area contributed by atoms with E-state index >= 15 is 0 Å². The third kappa shape index (κ3) is 1.74. The summed E-state index contributed by atoms with van der Waals surface area (Å²) in [5.74, 6) is -0.981. The van der Waals surface area contributed by atoms with Gasteiger partial charge in [-0.2, -0.15) is 0 Å².